The molecule has 1 atom stereocenters. The molecule has 1 aromatic carbocycles. The maximum absolute atomic E-state index is 3.52. The van der Waals surface area contributed by atoms with Gasteiger partial charge < -0.3 is 9.80 Å². The molecule has 0 radical (unpaired) electrons. The highest BCUT2D eigenvalue weighted by atomic mass is 79.9. The lowest BCUT2D eigenvalue weighted by atomic mass is 10.1. The van der Waals surface area contributed by atoms with Gasteiger partial charge >= 0.3 is 0 Å². The minimum Gasteiger partial charge on any atom is -0.306 e. The van der Waals surface area contributed by atoms with Gasteiger partial charge in [0.25, 0.3) is 0 Å². The number of hydrogen-bond acceptors (Lipinski definition) is 2. The average Bonchev–Trinajstić information content (AvgIpc) is 2.63. The van der Waals surface area contributed by atoms with Crippen molar-refractivity contribution < 1.29 is 0 Å². The number of likely N-dealkylation sites (tertiary alicyclic amines) is 1. The number of nitrogens with zero attached hydrogens (tertiary/aromatic N) is 2. The first-order valence-electron chi connectivity index (χ1n) is 6.25. The first kappa shape index (κ1) is 13.1. The van der Waals surface area contributed by atoms with Crippen LogP contribution in [0.15, 0.2) is 28.7 Å². The molecule has 1 saturated heterocycles. The van der Waals surface area contributed by atoms with Crippen LogP contribution < -0.4 is 0 Å². The smallest absolute Gasteiger partial charge is 0.0231 e. The first-order valence-corrected chi connectivity index (χ1v) is 7.04. The Morgan fingerprint density at radius 1 is 1.47 bits per heavy atom. The van der Waals surface area contributed by atoms with Gasteiger partial charge in [0.05, 0.1) is 0 Å². The topological polar surface area (TPSA) is 6.48 Å². The molecule has 1 aromatic rings. The van der Waals surface area contributed by atoms with E-state index in [1.165, 1.54) is 36.1 Å². The summed E-state index contributed by atoms with van der Waals surface area (Å²) in [4.78, 5) is 4.86. The highest BCUT2D eigenvalue weighted by Crippen LogP contribution is 2.17. The predicted octanol–water partition coefficient (Wildman–Crippen LogP) is 2.83. The van der Waals surface area contributed by atoms with Crippen molar-refractivity contribution in [2.75, 3.05) is 33.7 Å². The summed E-state index contributed by atoms with van der Waals surface area (Å²) in [5.41, 5.74) is 1.38. The van der Waals surface area contributed by atoms with Crippen LogP contribution in [0.4, 0.5) is 0 Å². The highest BCUT2D eigenvalue weighted by molar-refractivity contribution is 9.10. The van der Waals surface area contributed by atoms with Gasteiger partial charge in [-0.05, 0) is 50.7 Å². The lowest BCUT2D eigenvalue weighted by Crippen LogP contribution is -2.27. The SMILES string of the molecule is CN1CCC(CN(C)Cc2cccc(Br)c2)C1. The molecule has 0 spiro atoms. The van der Waals surface area contributed by atoms with E-state index in [4.69, 9.17) is 0 Å². The van der Waals surface area contributed by atoms with E-state index in [9.17, 15) is 0 Å². The molecule has 1 unspecified atom stereocenters. The van der Waals surface area contributed by atoms with Crippen LogP contribution in [0.1, 0.15) is 12.0 Å². The van der Waals surface area contributed by atoms with Gasteiger partial charge in [0.15, 0.2) is 0 Å². The molecule has 1 aliphatic rings. The molecule has 0 aromatic heterocycles. The summed E-state index contributed by atoms with van der Waals surface area (Å²) in [6.07, 6.45) is 1.35. The second-order valence-electron chi connectivity index (χ2n) is 5.24. The minimum atomic E-state index is 0.845. The Kier molecular flexibility index (Phi) is 4.60. The molecule has 0 N–H and O–H groups in total. The molecule has 1 aliphatic heterocycles. The van der Waals surface area contributed by atoms with Crippen molar-refractivity contribution in [3.63, 3.8) is 0 Å². The van der Waals surface area contributed by atoms with Gasteiger partial charge in [-0.3, -0.25) is 0 Å². The number of halogens is 1. The molecule has 1 heterocycles. The highest BCUT2D eigenvalue weighted by Gasteiger charge is 2.20. The Labute approximate surface area is 113 Å². The number of hydrogen-bond donors (Lipinski definition) is 0. The van der Waals surface area contributed by atoms with Crippen LogP contribution in [0, 0.1) is 5.92 Å². The third-order valence-corrected chi connectivity index (χ3v) is 3.89. The Morgan fingerprint density at radius 2 is 2.29 bits per heavy atom. The van der Waals surface area contributed by atoms with E-state index in [0.29, 0.717) is 0 Å². The Balaban J connectivity index is 1.83. The molecule has 0 bridgehead atoms. The van der Waals surface area contributed by atoms with E-state index in [2.05, 4.69) is 64.1 Å². The monoisotopic (exact) mass is 296 g/mol. The summed E-state index contributed by atoms with van der Waals surface area (Å²) in [7, 11) is 4.44. The van der Waals surface area contributed by atoms with Crippen molar-refractivity contribution in [1.29, 1.82) is 0 Å². The second-order valence-corrected chi connectivity index (χ2v) is 6.16. The average molecular weight is 297 g/mol. The van der Waals surface area contributed by atoms with Crippen molar-refractivity contribution in [3.8, 4) is 0 Å². The van der Waals surface area contributed by atoms with E-state index >= 15 is 0 Å². The third-order valence-electron chi connectivity index (χ3n) is 3.40. The van der Waals surface area contributed by atoms with Crippen LogP contribution >= 0.6 is 15.9 Å². The lowest BCUT2D eigenvalue weighted by molar-refractivity contribution is 0.267. The van der Waals surface area contributed by atoms with Gasteiger partial charge in [-0.25, -0.2) is 0 Å². The summed E-state index contributed by atoms with van der Waals surface area (Å²) in [5, 5.41) is 0. The third kappa shape index (κ3) is 4.09. The van der Waals surface area contributed by atoms with Gasteiger partial charge in [0.2, 0.25) is 0 Å². The quantitative estimate of drug-likeness (QED) is 0.843. The molecule has 0 aliphatic carbocycles. The maximum Gasteiger partial charge on any atom is 0.0231 e. The molecule has 0 saturated carbocycles. The van der Waals surface area contributed by atoms with Crippen LogP contribution in [-0.4, -0.2) is 43.5 Å². The molecular weight excluding hydrogens is 276 g/mol. The van der Waals surface area contributed by atoms with E-state index in [1.54, 1.807) is 0 Å². The molecule has 17 heavy (non-hydrogen) atoms. The van der Waals surface area contributed by atoms with Crippen LogP contribution in [0.2, 0.25) is 0 Å². The molecule has 0 amide bonds. The van der Waals surface area contributed by atoms with Gasteiger partial charge in [0, 0.05) is 24.1 Å². The van der Waals surface area contributed by atoms with E-state index in [0.717, 1.165) is 12.5 Å². The molecular formula is C14H21BrN2. The summed E-state index contributed by atoms with van der Waals surface area (Å²) in [6.45, 7) is 4.76. The first-order chi connectivity index (χ1) is 8.13. The van der Waals surface area contributed by atoms with Crippen molar-refractivity contribution in [1.82, 2.24) is 9.80 Å². The van der Waals surface area contributed by atoms with Crippen LogP contribution in [0.3, 0.4) is 0 Å². The van der Waals surface area contributed by atoms with Crippen LogP contribution in [0.5, 0.6) is 0 Å². The van der Waals surface area contributed by atoms with E-state index in [-0.39, 0.29) is 0 Å². The molecule has 1 fully saturated rings. The fourth-order valence-electron chi connectivity index (χ4n) is 2.63. The largest absolute Gasteiger partial charge is 0.306 e. The van der Waals surface area contributed by atoms with Crippen molar-refractivity contribution in [2.45, 2.75) is 13.0 Å². The van der Waals surface area contributed by atoms with Gasteiger partial charge in [-0.15, -0.1) is 0 Å². The number of rotatable bonds is 4. The predicted molar refractivity (Wildman–Crippen MR) is 76.1 cm³/mol. The lowest BCUT2D eigenvalue weighted by Gasteiger charge is -2.21. The molecule has 2 rings (SSSR count). The van der Waals surface area contributed by atoms with E-state index < -0.39 is 0 Å². The normalized spacial score (nSPS) is 21.3. The van der Waals surface area contributed by atoms with E-state index in [1.807, 2.05) is 0 Å². The van der Waals surface area contributed by atoms with Gasteiger partial charge in [0.1, 0.15) is 0 Å². The standard InChI is InChI=1S/C14H21BrN2/c1-16-7-6-13(10-16)11-17(2)9-12-4-3-5-14(15)8-12/h3-5,8,13H,6-7,9-11H2,1-2H3. The second kappa shape index (κ2) is 5.98. The van der Waals surface area contributed by atoms with Crippen molar-refractivity contribution in [2.24, 2.45) is 5.92 Å². The Bertz CT molecular complexity index is 367. The van der Waals surface area contributed by atoms with Gasteiger partial charge in [-0.1, -0.05) is 28.1 Å². The zero-order chi connectivity index (χ0) is 12.3. The van der Waals surface area contributed by atoms with Gasteiger partial charge in [-0.2, -0.15) is 0 Å². The summed E-state index contributed by atoms with van der Waals surface area (Å²) in [6, 6.07) is 8.59. The minimum absolute atomic E-state index is 0.845. The fourth-order valence-corrected chi connectivity index (χ4v) is 3.07. The summed E-state index contributed by atoms with van der Waals surface area (Å²) < 4.78 is 1.17. The van der Waals surface area contributed by atoms with Crippen LogP contribution in [-0.2, 0) is 6.54 Å². The zero-order valence-electron chi connectivity index (χ0n) is 10.7. The Hall–Kier alpha value is -0.380. The summed E-state index contributed by atoms with van der Waals surface area (Å²) in [5.74, 6) is 0.845. The zero-order valence-corrected chi connectivity index (χ0v) is 12.3. The molecule has 2 nitrogen and oxygen atoms in total. The fraction of sp³-hybridized carbons (Fsp3) is 0.571. The molecule has 3 heteroatoms. The maximum atomic E-state index is 3.52. The van der Waals surface area contributed by atoms with Crippen molar-refractivity contribution >= 4 is 15.9 Å². The van der Waals surface area contributed by atoms with Crippen LogP contribution in [0.25, 0.3) is 0 Å². The van der Waals surface area contributed by atoms with Crippen molar-refractivity contribution in [3.05, 3.63) is 34.3 Å². The molecule has 94 valence electrons. The summed E-state index contributed by atoms with van der Waals surface area (Å²) >= 11 is 3.52. The number of benzene rings is 1. The Morgan fingerprint density at radius 3 is 2.94 bits per heavy atom.